The number of phosphoric acid groups is 1. The fraction of sp³-hybridized carbons (Fsp3) is 0.286. The van der Waals surface area contributed by atoms with Crippen molar-refractivity contribution in [2.75, 3.05) is 20.1 Å². The highest BCUT2D eigenvalue weighted by Crippen LogP contribution is 2.50. The molecule has 1 saturated heterocycles. The molecule has 1 fully saturated rings. The summed E-state index contributed by atoms with van der Waals surface area (Å²) in [5, 5.41) is 21.3. The minimum Gasteiger partial charge on any atom is -0.507 e. The molecule has 0 bridgehead atoms. The first-order chi connectivity index (χ1) is 15.5. The Morgan fingerprint density at radius 3 is 2.55 bits per heavy atom. The van der Waals surface area contributed by atoms with Crippen LogP contribution >= 0.6 is 19.4 Å². The van der Waals surface area contributed by atoms with Crippen molar-refractivity contribution >= 4 is 38.2 Å². The molecule has 1 unspecified atom stereocenters. The molecule has 4 N–H and O–H groups in total. The van der Waals surface area contributed by atoms with Gasteiger partial charge in [0.05, 0.1) is 19.0 Å². The van der Waals surface area contributed by atoms with Gasteiger partial charge in [0.15, 0.2) is 5.43 Å². The molecule has 2 radical (unpaired) electrons. The Morgan fingerprint density at radius 2 is 1.88 bits per heavy atom. The lowest BCUT2D eigenvalue weighted by Gasteiger charge is -2.41. The van der Waals surface area contributed by atoms with Crippen LogP contribution in [0.15, 0.2) is 45.6 Å². The Morgan fingerprint density at radius 1 is 1.18 bits per heavy atom. The summed E-state index contributed by atoms with van der Waals surface area (Å²) in [6, 6.07) is 8.79. The lowest BCUT2D eigenvalue weighted by molar-refractivity contribution is 0.0550. The quantitative estimate of drug-likeness (QED) is 0.320. The number of phosphoric ester groups is 1. The number of halogens is 1. The molecule has 1 aliphatic heterocycles. The van der Waals surface area contributed by atoms with Gasteiger partial charge in [0.2, 0.25) is 0 Å². The molecule has 1 aromatic heterocycles. The van der Waals surface area contributed by atoms with Crippen LogP contribution in [-0.4, -0.2) is 59.0 Å². The topological polar surface area (TPSA) is 141 Å². The number of likely N-dealkylation sites (tertiary alicyclic amines) is 1. The number of likely N-dealkylation sites (N-methyl/N-ethyl adjacent to an activating group) is 1. The van der Waals surface area contributed by atoms with Crippen molar-refractivity contribution in [2.24, 2.45) is 0 Å². The van der Waals surface area contributed by atoms with Crippen molar-refractivity contribution in [3.05, 3.63) is 57.2 Å². The third-order valence-corrected chi connectivity index (χ3v) is 6.49. The molecule has 0 aliphatic carbocycles. The van der Waals surface area contributed by atoms with E-state index in [1.807, 2.05) is 0 Å². The average molecular weight is 492 g/mol. The maximum absolute atomic E-state index is 13.0. The normalized spacial score (nSPS) is 22.0. The van der Waals surface area contributed by atoms with E-state index in [0.717, 1.165) is 6.07 Å². The van der Waals surface area contributed by atoms with Gasteiger partial charge in [-0.15, -0.1) is 0 Å². The molecule has 172 valence electrons. The maximum atomic E-state index is 13.0. The summed E-state index contributed by atoms with van der Waals surface area (Å²) in [4.78, 5) is 33.6. The minimum absolute atomic E-state index is 0.00727. The van der Waals surface area contributed by atoms with Crippen molar-refractivity contribution in [3.8, 4) is 22.8 Å². The summed E-state index contributed by atoms with van der Waals surface area (Å²) in [6.45, 7) is 0.391. The van der Waals surface area contributed by atoms with Crippen LogP contribution in [0.25, 0.3) is 22.3 Å². The zero-order valence-electron chi connectivity index (χ0n) is 17.4. The smallest absolute Gasteiger partial charge is 0.469 e. The summed E-state index contributed by atoms with van der Waals surface area (Å²) >= 11 is 6.26. The molecule has 12 heteroatoms. The summed E-state index contributed by atoms with van der Waals surface area (Å²) < 4.78 is 22.6. The summed E-state index contributed by atoms with van der Waals surface area (Å²) in [7, 11) is 3.11. The van der Waals surface area contributed by atoms with Crippen molar-refractivity contribution in [1.82, 2.24) is 4.90 Å². The Balaban J connectivity index is 2.01. The number of rotatable bonds is 4. The van der Waals surface area contributed by atoms with Gasteiger partial charge in [-0.2, -0.15) is 0 Å². The molecule has 4 rings (SSSR count). The third-order valence-electron chi connectivity index (χ3n) is 5.62. The molecule has 2 heterocycles. The molecule has 9 nitrogen and oxygen atoms in total. The van der Waals surface area contributed by atoms with Gasteiger partial charge in [0, 0.05) is 35.7 Å². The third kappa shape index (κ3) is 4.68. The van der Waals surface area contributed by atoms with Crippen molar-refractivity contribution in [3.63, 3.8) is 0 Å². The lowest BCUT2D eigenvalue weighted by Crippen LogP contribution is -2.45. The number of hydrogen-bond donors (Lipinski definition) is 4. The second-order valence-electron chi connectivity index (χ2n) is 8.03. The van der Waals surface area contributed by atoms with E-state index in [9.17, 15) is 29.4 Å². The minimum atomic E-state index is -4.93. The summed E-state index contributed by atoms with van der Waals surface area (Å²) in [5.74, 6) is -2.61. The fourth-order valence-corrected chi connectivity index (χ4v) is 5.14. The van der Waals surface area contributed by atoms with Gasteiger partial charge in [0.1, 0.15) is 28.2 Å². The first-order valence-electron chi connectivity index (χ1n) is 9.92. The monoisotopic (exact) mass is 491 g/mol. The number of phenolic OH excluding ortho intramolecular Hbond substituents is 2. The van der Waals surface area contributed by atoms with Crippen molar-refractivity contribution in [1.29, 1.82) is 0 Å². The zero-order valence-corrected chi connectivity index (χ0v) is 19.0. The van der Waals surface area contributed by atoms with Crippen LogP contribution in [0.1, 0.15) is 11.5 Å². The standard InChI is InChI=1S/C21H20BClNO8P/c1-24-8-11(22)18(17(9-24)32-33(28,29)30)20-14(26)6-13(25)19-15(27)7-16(31-21(19)20)10-4-2-3-5-12(10)23/h2-7,11,17-18,25-26H,8-9H2,1H3,(H2,28,29,30)/t11-,17-,18?/m1/s1. The second kappa shape index (κ2) is 8.79. The molecule has 3 aromatic rings. The van der Waals surface area contributed by atoms with E-state index in [0.29, 0.717) is 17.1 Å². The molecular formula is C21H20BClNO8P. The van der Waals surface area contributed by atoms with Gasteiger partial charge < -0.3 is 29.3 Å². The van der Waals surface area contributed by atoms with Gasteiger partial charge in [-0.25, -0.2) is 4.57 Å². The highest BCUT2D eigenvalue weighted by molar-refractivity contribution is 7.46. The fourth-order valence-electron chi connectivity index (χ4n) is 4.36. The number of hydrogen-bond acceptors (Lipinski definition) is 7. The Hall–Kier alpha value is -2.33. The number of piperidine rings is 1. The van der Waals surface area contributed by atoms with Crippen LogP contribution < -0.4 is 5.43 Å². The summed E-state index contributed by atoms with van der Waals surface area (Å²) in [6.07, 6.45) is -1.15. The van der Waals surface area contributed by atoms with E-state index in [1.54, 1.807) is 36.2 Å². The molecular weight excluding hydrogens is 471 g/mol. The predicted octanol–water partition coefficient (Wildman–Crippen LogP) is 2.99. The molecule has 0 saturated carbocycles. The largest absolute Gasteiger partial charge is 0.507 e. The zero-order chi connectivity index (χ0) is 24.1. The van der Waals surface area contributed by atoms with Gasteiger partial charge >= 0.3 is 7.82 Å². The highest BCUT2D eigenvalue weighted by atomic mass is 35.5. The Labute approximate surface area is 194 Å². The van der Waals surface area contributed by atoms with E-state index < -0.39 is 42.6 Å². The number of fused-ring (bicyclic) bond motifs is 1. The molecule has 3 atom stereocenters. The van der Waals surface area contributed by atoms with Crippen LogP contribution in [0.2, 0.25) is 10.8 Å². The van der Waals surface area contributed by atoms with Gasteiger partial charge in [-0.05, 0) is 25.7 Å². The summed E-state index contributed by atoms with van der Waals surface area (Å²) in [5.41, 5.74) is -0.353. The van der Waals surface area contributed by atoms with E-state index in [-0.39, 0.29) is 28.8 Å². The van der Waals surface area contributed by atoms with E-state index in [1.165, 1.54) is 6.07 Å². The molecule has 33 heavy (non-hydrogen) atoms. The van der Waals surface area contributed by atoms with Crippen LogP contribution in [-0.2, 0) is 9.09 Å². The highest BCUT2D eigenvalue weighted by Gasteiger charge is 2.41. The maximum Gasteiger partial charge on any atom is 0.469 e. The lowest BCUT2D eigenvalue weighted by atomic mass is 9.68. The van der Waals surface area contributed by atoms with Crippen LogP contribution in [0.3, 0.4) is 0 Å². The molecule has 0 amide bonds. The molecule has 2 aromatic carbocycles. The number of aromatic hydroxyl groups is 2. The van der Waals surface area contributed by atoms with Gasteiger partial charge in [-0.3, -0.25) is 9.32 Å². The number of phenols is 2. The molecule has 0 spiro atoms. The van der Waals surface area contributed by atoms with Gasteiger partial charge in [-0.1, -0.05) is 29.6 Å². The number of nitrogens with zero attached hydrogens (tertiary/aromatic N) is 1. The Kier molecular flexibility index (Phi) is 6.35. The van der Waals surface area contributed by atoms with Crippen LogP contribution in [0, 0.1) is 0 Å². The Bertz CT molecular complexity index is 1330. The van der Waals surface area contributed by atoms with E-state index in [2.05, 4.69) is 0 Å². The van der Waals surface area contributed by atoms with Crippen molar-refractivity contribution in [2.45, 2.75) is 17.8 Å². The van der Waals surface area contributed by atoms with Crippen molar-refractivity contribution < 1.29 is 33.5 Å². The van der Waals surface area contributed by atoms with E-state index in [4.69, 9.17) is 28.4 Å². The van der Waals surface area contributed by atoms with Crippen LogP contribution in [0.4, 0.5) is 0 Å². The van der Waals surface area contributed by atoms with E-state index >= 15 is 0 Å². The first-order valence-corrected chi connectivity index (χ1v) is 11.8. The SMILES string of the molecule is [B][C@@H]1CN(C)C[C@@H](OP(=O)(O)O)C1c1c(O)cc(O)c2c(=O)cc(-c3ccccc3Cl)oc12. The number of benzene rings is 2. The van der Waals surface area contributed by atoms with Crippen LogP contribution in [0.5, 0.6) is 11.5 Å². The van der Waals surface area contributed by atoms with Gasteiger partial charge in [0.25, 0.3) is 0 Å². The second-order valence-corrected chi connectivity index (χ2v) is 9.63. The predicted molar refractivity (Wildman–Crippen MR) is 123 cm³/mol. The first kappa shape index (κ1) is 23.8. The molecule has 1 aliphatic rings. The average Bonchev–Trinajstić information content (AvgIpc) is 2.68.